The Morgan fingerprint density at radius 2 is 1.96 bits per heavy atom. The summed E-state index contributed by atoms with van der Waals surface area (Å²) in [7, 11) is 3.37. The number of carbonyl (C=O) groups excluding carboxylic acids is 1. The van der Waals surface area contributed by atoms with Gasteiger partial charge >= 0.3 is 5.97 Å². The van der Waals surface area contributed by atoms with Gasteiger partial charge in [-0.2, -0.15) is 5.10 Å². The molecule has 1 amide bonds. The van der Waals surface area contributed by atoms with Crippen LogP contribution in [0.4, 0.5) is 0 Å². The maximum atomic E-state index is 11.9. The molecule has 0 radical (unpaired) electrons. The molecular weight excluding hydrogens is 320 g/mol. The summed E-state index contributed by atoms with van der Waals surface area (Å²) in [6, 6.07) is 8.95. The maximum absolute atomic E-state index is 11.9. The molecular formula is C18H18N4O3. The summed E-state index contributed by atoms with van der Waals surface area (Å²) in [5, 5.41) is 14.1. The molecule has 7 nitrogen and oxygen atoms in total. The fourth-order valence-corrected chi connectivity index (χ4v) is 2.69. The molecule has 0 saturated heterocycles. The first-order chi connectivity index (χ1) is 11.9. The number of pyridine rings is 1. The number of aryl methyl sites for hydroxylation is 1. The third-order valence-corrected chi connectivity index (χ3v) is 3.96. The van der Waals surface area contributed by atoms with Gasteiger partial charge in [-0.15, -0.1) is 0 Å². The first-order valence-corrected chi connectivity index (χ1v) is 7.84. The molecule has 0 unspecified atom stereocenters. The predicted molar refractivity (Wildman–Crippen MR) is 93.6 cm³/mol. The fraction of sp³-hybridized carbons (Fsp3) is 0.222. The van der Waals surface area contributed by atoms with Crippen molar-refractivity contribution in [3.63, 3.8) is 0 Å². The van der Waals surface area contributed by atoms with E-state index in [0.717, 1.165) is 11.1 Å². The Morgan fingerprint density at radius 3 is 2.52 bits per heavy atom. The van der Waals surface area contributed by atoms with Crippen molar-refractivity contribution in [1.29, 1.82) is 0 Å². The number of carboxylic acids is 1. The molecule has 2 heterocycles. The minimum Gasteiger partial charge on any atom is -0.476 e. The molecule has 3 aromatic rings. The Hall–Kier alpha value is -3.22. The Balaban J connectivity index is 2.06. The third kappa shape index (κ3) is 2.96. The molecule has 2 aromatic heterocycles. The van der Waals surface area contributed by atoms with E-state index in [4.69, 9.17) is 0 Å². The number of nitrogens with zero attached hydrogens (tertiary/aromatic N) is 4. The lowest BCUT2D eigenvalue weighted by atomic mass is 10.1. The van der Waals surface area contributed by atoms with Crippen molar-refractivity contribution in [2.24, 2.45) is 0 Å². The SMILES string of the molecule is CCn1nc(C(=O)O)c2cc(-c3ccc(C(=O)N(C)C)cn3)ccc21. The lowest BCUT2D eigenvalue weighted by Gasteiger charge is -2.10. The summed E-state index contributed by atoms with van der Waals surface area (Å²) >= 11 is 0. The summed E-state index contributed by atoms with van der Waals surface area (Å²) in [6.45, 7) is 2.50. The molecule has 0 bridgehead atoms. The zero-order valence-electron chi connectivity index (χ0n) is 14.2. The minimum atomic E-state index is -1.06. The highest BCUT2D eigenvalue weighted by Crippen LogP contribution is 2.26. The lowest BCUT2D eigenvalue weighted by molar-refractivity contribution is 0.0691. The van der Waals surface area contributed by atoms with E-state index >= 15 is 0 Å². The van der Waals surface area contributed by atoms with Gasteiger partial charge in [0.1, 0.15) is 0 Å². The van der Waals surface area contributed by atoms with Crippen LogP contribution < -0.4 is 0 Å². The second-order valence-corrected chi connectivity index (χ2v) is 5.83. The Kier molecular flexibility index (Phi) is 4.22. The number of rotatable bonds is 4. The number of carbonyl (C=O) groups is 2. The first-order valence-electron chi connectivity index (χ1n) is 7.84. The number of aromatic carboxylic acids is 1. The summed E-state index contributed by atoms with van der Waals surface area (Å²) in [5.74, 6) is -1.18. The van der Waals surface area contributed by atoms with Gasteiger partial charge in [-0.1, -0.05) is 6.07 Å². The molecule has 0 spiro atoms. The van der Waals surface area contributed by atoms with Crippen molar-refractivity contribution in [1.82, 2.24) is 19.7 Å². The molecule has 0 aliphatic rings. The molecule has 0 fully saturated rings. The summed E-state index contributed by atoms with van der Waals surface area (Å²) in [4.78, 5) is 29.2. The van der Waals surface area contributed by atoms with Crippen molar-refractivity contribution in [2.45, 2.75) is 13.5 Å². The fourth-order valence-electron chi connectivity index (χ4n) is 2.69. The van der Waals surface area contributed by atoms with Crippen LogP contribution in [0, 0.1) is 0 Å². The van der Waals surface area contributed by atoms with Gasteiger partial charge < -0.3 is 10.0 Å². The average Bonchev–Trinajstić information content (AvgIpc) is 2.99. The van der Waals surface area contributed by atoms with Crippen LogP contribution in [0.2, 0.25) is 0 Å². The van der Waals surface area contributed by atoms with Crippen LogP contribution in [0.25, 0.3) is 22.2 Å². The van der Waals surface area contributed by atoms with Crippen LogP contribution in [0.1, 0.15) is 27.8 Å². The highest BCUT2D eigenvalue weighted by Gasteiger charge is 2.17. The zero-order chi connectivity index (χ0) is 18.1. The van der Waals surface area contributed by atoms with Gasteiger partial charge in [0, 0.05) is 37.8 Å². The van der Waals surface area contributed by atoms with E-state index in [1.807, 2.05) is 19.1 Å². The van der Waals surface area contributed by atoms with Crippen molar-refractivity contribution in [3.05, 3.63) is 47.8 Å². The highest BCUT2D eigenvalue weighted by molar-refractivity contribution is 6.02. The van der Waals surface area contributed by atoms with E-state index in [1.54, 1.807) is 37.0 Å². The Morgan fingerprint density at radius 1 is 1.20 bits per heavy atom. The second kappa shape index (κ2) is 6.35. The van der Waals surface area contributed by atoms with Crippen molar-refractivity contribution in [3.8, 4) is 11.3 Å². The van der Waals surface area contributed by atoms with Gasteiger partial charge in [0.05, 0.1) is 16.8 Å². The molecule has 0 saturated carbocycles. The molecule has 7 heteroatoms. The number of hydrogen-bond donors (Lipinski definition) is 1. The molecule has 0 atom stereocenters. The normalized spacial score (nSPS) is 10.8. The zero-order valence-corrected chi connectivity index (χ0v) is 14.2. The molecule has 1 aromatic carbocycles. The average molecular weight is 338 g/mol. The largest absolute Gasteiger partial charge is 0.476 e. The van der Waals surface area contributed by atoms with Crippen LogP contribution in [0.15, 0.2) is 36.5 Å². The van der Waals surface area contributed by atoms with Crippen LogP contribution in [0.3, 0.4) is 0 Å². The minimum absolute atomic E-state index is 0.0260. The van der Waals surface area contributed by atoms with Gasteiger partial charge in [-0.3, -0.25) is 14.5 Å². The maximum Gasteiger partial charge on any atom is 0.357 e. The van der Waals surface area contributed by atoms with Crippen molar-refractivity contribution >= 4 is 22.8 Å². The smallest absolute Gasteiger partial charge is 0.357 e. The highest BCUT2D eigenvalue weighted by atomic mass is 16.4. The quantitative estimate of drug-likeness (QED) is 0.790. The van der Waals surface area contributed by atoms with Gasteiger partial charge in [0.25, 0.3) is 5.91 Å². The van der Waals surface area contributed by atoms with Gasteiger partial charge in [0.15, 0.2) is 5.69 Å². The summed E-state index contributed by atoms with van der Waals surface area (Å²) < 4.78 is 1.66. The van der Waals surface area contributed by atoms with Crippen LogP contribution in [-0.4, -0.2) is 50.7 Å². The number of amides is 1. The van der Waals surface area contributed by atoms with Gasteiger partial charge in [0.2, 0.25) is 0 Å². The van der Waals surface area contributed by atoms with Gasteiger partial charge in [-0.25, -0.2) is 4.79 Å². The number of hydrogen-bond acceptors (Lipinski definition) is 4. The van der Waals surface area contributed by atoms with Crippen LogP contribution in [-0.2, 0) is 6.54 Å². The monoisotopic (exact) mass is 338 g/mol. The second-order valence-electron chi connectivity index (χ2n) is 5.83. The summed E-state index contributed by atoms with van der Waals surface area (Å²) in [6.07, 6.45) is 1.52. The molecule has 1 N–H and O–H groups in total. The number of carboxylic acid groups (broad SMARTS) is 1. The standard InChI is InChI=1S/C18H18N4O3/c1-4-22-15-8-6-11(9-13(15)16(20-22)18(24)25)14-7-5-12(10-19-14)17(23)21(2)3/h5-10H,4H2,1-3H3,(H,24,25). The van der Waals surface area contributed by atoms with Crippen LogP contribution in [0.5, 0.6) is 0 Å². The van der Waals surface area contributed by atoms with Crippen molar-refractivity contribution < 1.29 is 14.7 Å². The molecule has 25 heavy (non-hydrogen) atoms. The predicted octanol–water partition coefficient (Wildman–Crippen LogP) is 2.52. The Bertz CT molecular complexity index is 958. The molecule has 0 aliphatic carbocycles. The van der Waals surface area contributed by atoms with E-state index in [0.29, 0.717) is 23.2 Å². The topological polar surface area (TPSA) is 88.3 Å². The van der Waals surface area contributed by atoms with E-state index in [1.165, 1.54) is 11.1 Å². The number of aromatic nitrogens is 3. The van der Waals surface area contributed by atoms with Gasteiger partial charge in [-0.05, 0) is 31.2 Å². The van der Waals surface area contributed by atoms with Crippen molar-refractivity contribution in [2.75, 3.05) is 14.1 Å². The third-order valence-electron chi connectivity index (χ3n) is 3.96. The number of fused-ring (bicyclic) bond motifs is 1. The Labute approximate surface area is 144 Å². The first kappa shape index (κ1) is 16.6. The lowest BCUT2D eigenvalue weighted by Crippen LogP contribution is -2.21. The number of benzene rings is 1. The van der Waals surface area contributed by atoms with E-state index in [2.05, 4.69) is 10.1 Å². The van der Waals surface area contributed by atoms with Crippen LogP contribution >= 0.6 is 0 Å². The summed E-state index contributed by atoms with van der Waals surface area (Å²) in [5.41, 5.74) is 2.73. The van der Waals surface area contributed by atoms with E-state index in [-0.39, 0.29) is 11.6 Å². The van der Waals surface area contributed by atoms with E-state index < -0.39 is 5.97 Å². The molecule has 128 valence electrons. The molecule has 0 aliphatic heterocycles. The molecule has 3 rings (SSSR count). The van der Waals surface area contributed by atoms with E-state index in [9.17, 15) is 14.7 Å².